The van der Waals surface area contributed by atoms with Gasteiger partial charge in [0.15, 0.2) is 11.6 Å². The van der Waals surface area contributed by atoms with Crippen LogP contribution in [-0.2, 0) is 13.0 Å². The first kappa shape index (κ1) is 15.4. The van der Waals surface area contributed by atoms with E-state index >= 15 is 0 Å². The van der Waals surface area contributed by atoms with Gasteiger partial charge in [-0.25, -0.2) is 13.2 Å². The Hall–Kier alpha value is -2.01. The Morgan fingerprint density at radius 3 is 2.24 bits per heavy atom. The number of halogens is 3. The molecule has 0 spiro atoms. The molecule has 2 aromatic rings. The zero-order valence-electron chi connectivity index (χ0n) is 11.5. The second kappa shape index (κ2) is 6.63. The van der Waals surface area contributed by atoms with Gasteiger partial charge in [0.25, 0.3) is 0 Å². The number of nitrogens with one attached hydrogen (secondary N) is 1. The largest absolute Gasteiger partial charge is 0.505 e. The van der Waals surface area contributed by atoms with Crippen molar-refractivity contribution in [2.75, 3.05) is 0 Å². The average Bonchev–Trinajstić information content (AvgIpc) is 2.45. The number of phenolic OH excluding ortho intramolecular Hbond substituents is 1. The molecule has 1 unspecified atom stereocenters. The van der Waals surface area contributed by atoms with Crippen LogP contribution in [0.25, 0.3) is 0 Å². The molecule has 21 heavy (non-hydrogen) atoms. The number of hydrogen-bond donors (Lipinski definition) is 2. The molecule has 2 rings (SSSR count). The van der Waals surface area contributed by atoms with Crippen LogP contribution in [-0.4, -0.2) is 11.1 Å². The smallest absolute Gasteiger partial charge is 0.165 e. The Morgan fingerprint density at radius 2 is 1.57 bits per heavy atom. The van der Waals surface area contributed by atoms with Gasteiger partial charge in [0, 0.05) is 23.7 Å². The van der Waals surface area contributed by atoms with Crippen molar-refractivity contribution in [3.63, 3.8) is 0 Å². The van der Waals surface area contributed by atoms with E-state index in [1.165, 1.54) is 24.3 Å². The third-order valence-electron chi connectivity index (χ3n) is 3.28. The summed E-state index contributed by atoms with van der Waals surface area (Å²) in [7, 11) is 0. The standard InChI is InChI=1S/C16H16F3NO/c1-10(8-12-13(17)5-3-6-14(12)18)20-9-11-4-2-7-15(19)16(11)21/h2-7,10,20-21H,8-9H2,1H3. The van der Waals surface area contributed by atoms with E-state index in [1.54, 1.807) is 13.0 Å². The molecule has 112 valence electrons. The summed E-state index contributed by atoms with van der Waals surface area (Å²) >= 11 is 0. The van der Waals surface area contributed by atoms with Crippen LogP contribution in [0.4, 0.5) is 13.2 Å². The van der Waals surface area contributed by atoms with Gasteiger partial charge in [-0.2, -0.15) is 0 Å². The molecule has 0 aliphatic heterocycles. The monoisotopic (exact) mass is 295 g/mol. The summed E-state index contributed by atoms with van der Waals surface area (Å²) in [6, 6.07) is 7.75. The van der Waals surface area contributed by atoms with Gasteiger partial charge >= 0.3 is 0 Å². The molecular weight excluding hydrogens is 279 g/mol. The van der Waals surface area contributed by atoms with E-state index in [-0.39, 0.29) is 24.6 Å². The zero-order valence-corrected chi connectivity index (χ0v) is 11.5. The number of para-hydroxylation sites is 1. The highest BCUT2D eigenvalue weighted by molar-refractivity contribution is 5.33. The van der Waals surface area contributed by atoms with Crippen LogP contribution in [0.15, 0.2) is 36.4 Å². The summed E-state index contributed by atoms with van der Waals surface area (Å²) < 4.78 is 40.2. The number of benzene rings is 2. The maximum absolute atomic E-state index is 13.5. The van der Waals surface area contributed by atoms with Crippen LogP contribution in [0.3, 0.4) is 0 Å². The van der Waals surface area contributed by atoms with Gasteiger partial charge in [0.05, 0.1) is 0 Å². The highest BCUT2D eigenvalue weighted by Gasteiger charge is 2.13. The lowest BCUT2D eigenvalue weighted by Gasteiger charge is -2.15. The van der Waals surface area contributed by atoms with E-state index in [0.717, 1.165) is 6.07 Å². The molecule has 0 aliphatic carbocycles. The van der Waals surface area contributed by atoms with Gasteiger partial charge in [-0.1, -0.05) is 18.2 Å². The maximum Gasteiger partial charge on any atom is 0.165 e. The van der Waals surface area contributed by atoms with Crippen molar-refractivity contribution in [2.24, 2.45) is 0 Å². The van der Waals surface area contributed by atoms with Gasteiger partial charge in [-0.05, 0) is 31.5 Å². The SMILES string of the molecule is CC(Cc1c(F)cccc1F)NCc1cccc(F)c1O. The predicted molar refractivity (Wildman–Crippen MR) is 74.4 cm³/mol. The van der Waals surface area contributed by atoms with E-state index in [2.05, 4.69) is 5.32 Å². The van der Waals surface area contributed by atoms with Crippen LogP contribution in [0.5, 0.6) is 5.75 Å². The highest BCUT2D eigenvalue weighted by Crippen LogP contribution is 2.21. The lowest BCUT2D eigenvalue weighted by Crippen LogP contribution is -2.28. The fraction of sp³-hybridized carbons (Fsp3) is 0.250. The van der Waals surface area contributed by atoms with Crippen LogP contribution in [0.2, 0.25) is 0 Å². The Balaban J connectivity index is 1.99. The molecule has 0 aliphatic rings. The molecular formula is C16H16F3NO. The first-order chi connectivity index (χ1) is 9.99. The minimum atomic E-state index is -0.692. The molecule has 0 bridgehead atoms. The maximum atomic E-state index is 13.5. The first-order valence-corrected chi connectivity index (χ1v) is 6.61. The molecule has 1 atom stereocenters. The van der Waals surface area contributed by atoms with Crippen molar-refractivity contribution in [1.29, 1.82) is 0 Å². The predicted octanol–water partition coefficient (Wildman–Crippen LogP) is 3.53. The first-order valence-electron chi connectivity index (χ1n) is 6.61. The van der Waals surface area contributed by atoms with E-state index < -0.39 is 23.2 Å². The minimum absolute atomic E-state index is 0.0148. The van der Waals surface area contributed by atoms with E-state index in [0.29, 0.717) is 5.56 Å². The lowest BCUT2D eigenvalue weighted by molar-refractivity contribution is 0.419. The lowest BCUT2D eigenvalue weighted by atomic mass is 10.1. The molecule has 5 heteroatoms. The van der Waals surface area contributed by atoms with E-state index in [4.69, 9.17) is 0 Å². The molecule has 0 saturated carbocycles. The number of hydrogen-bond acceptors (Lipinski definition) is 2. The summed E-state index contributed by atoms with van der Waals surface area (Å²) in [6.07, 6.45) is 0.161. The summed E-state index contributed by atoms with van der Waals surface area (Å²) in [5.41, 5.74) is 0.414. The van der Waals surface area contributed by atoms with Crippen LogP contribution < -0.4 is 5.32 Å². The topological polar surface area (TPSA) is 32.3 Å². The summed E-state index contributed by atoms with van der Waals surface area (Å²) in [5, 5.41) is 12.6. The molecule has 2 aromatic carbocycles. The zero-order chi connectivity index (χ0) is 15.4. The third kappa shape index (κ3) is 3.76. The number of aromatic hydroxyl groups is 1. The Bertz CT molecular complexity index is 611. The second-order valence-corrected chi connectivity index (χ2v) is 4.93. The molecule has 0 heterocycles. The molecule has 0 fully saturated rings. The van der Waals surface area contributed by atoms with Crippen LogP contribution >= 0.6 is 0 Å². The van der Waals surface area contributed by atoms with Crippen molar-refractivity contribution >= 4 is 0 Å². The Labute approximate surface area is 121 Å². The van der Waals surface area contributed by atoms with Crippen molar-refractivity contribution < 1.29 is 18.3 Å². The molecule has 0 radical (unpaired) electrons. The van der Waals surface area contributed by atoms with Crippen LogP contribution in [0.1, 0.15) is 18.1 Å². The molecule has 0 amide bonds. The fourth-order valence-electron chi connectivity index (χ4n) is 2.09. The molecule has 2 N–H and O–H groups in total. The Kier molecular flexibility index (Phi) is 4.85. The molecule has 2 nitrogen and oxygen atoms in total. The molecule has 0 aromatic heterocycles. The average molecular weight is 295 g/mol. The normalized spacial score (nSPS) is 12.4. The van der Waals surface area contributed by atoms with Crippen molar-refractivity contribution in [1.82, 2.24) is 5.32 Å². The van der Waals surface area contributed by atoms with Gasteiger partial charge in [-0.15, -0.1) is 0 Å². The number of rotatable bonds is 5. The van der Waals surface area contributed by atoms with Crippen molar-refractivity contribution in [3.05, 3.63) is 65.0 Å². The quantitative estimate of drug-likeness (QED) is 0.884. The van der Waals surface area contributed by atoms with Crippen molar-refractivity contribution in [2.45, 2.75) is 25.9 Å². The second-order valence-electron chi connectivity index (χ2n) is 4.93. The summed E-state index contributed by atoms with van der Waals surface area (Å²) in [6.45, 7) is 1.98. The highest BCUT2D eigenvalue weighted by atomic mass is 19.1. The fourth-order valence-corrected chi connectivity index (χ4v) is 2.09. The number of phenols is 1. The summed E-state index contributed by atoms with van der Waals surface area (Å²) in [4.78, 5) is 0. The summed E-state index contributed by atoms with van der Waals surface area (Å²) in [5.74, 6) is -2.27. The van der Waals surface area contributed by atoms with Crippen molar-refractivity contribution in [3.8, 4) is 5.75 Å². The Morgan fingerprint density at radius 1 is 1.00 bits per heavy atom. The van der Waals surface area contributed by atoms with Gasteiger partial charge in [-0.3, -0.25) is 0 Å². The third-order valence-corrected chi connectivity index (χ3v) is 3.28. The van der Waals surface area contributed by atoms with E-state index in [1.807, 2.05) is 0 Å². The van der Waals surface area contributed by atoms with Crippen LogP contribution in [0, 0.1) is 17.5 Å². The van der Waals surface area contributed by atoms with Gasteiger partial charge in [0.2, 0.25) is 0 Å². The van der Waals surface area contributed by atoms with E-state index in [9.17, 15) is 18.3 Å². The minimum Gasteiger partial charge on any atom is -0.505 e. The van der Waals surface area contributed by atoms with Gasteiger partial charge in [0.1, 0.15) is 11.6 Å². The van der Waals surface area contributed by atoms with Gasteiger partial charge < -0.3 is 10.4 Å². The molecule has 0 saturated heterocycles.